The molecule has 0 aliphatic heterocycles. The summed E-state index contributed by atoms with van der Waals surface area (Å²) in [7, 11) is 0. The Bertz CT molecular complexity index is 586. The molecule has 0 bridgehead atoms. The van der Waals surface area contributed by atoms with E-state index in [4.69, 9.17) is 0 Å². The van der Waals surface area contributed by atoms with Crippen molar-refractivity contribution < 1.29 is 4.79 Å². The van der Waals surface area contributed by atoms with Crippen molar-refractivity contribution in [2.45, 2.75) is 44.1 Å². The van der Waals surface area contributed by atoms with E-state index in [9.17, 15) is 4.79 Å². The van der Waals surface area contributed by atoms with Crippen LogP contribution in [0.15, 0.2) is 49.1 Å². The lowest BCUT2D eigenvalue weighted by molar-refractivity contribution is -0.126. The van der Waals surface area contributed by atoms with E-state index in [0.717, 1.165) is 38.6 Å². The van der Waals surface area contributed by atoms with Crippen molar-refractivity contribution in [1.29, 1.82) is 0 Å². The van der Waals surface area contributed by atoms with Crippen LogP contribution in [0, 0.1) is 0 Å². The molecule has 1 N–H and O–H groups in total. The summed E-state index contributed by atoms with van der Waals surface area (Å²) in [6.07, 6.45) is 10.7. The number of imidazole rings is 1. The first-order chi connectivity index (χ1) is 10.8. The number of carbonyl (C=O) groups is 1. The Morgan fingerprint density at radius 3 is 2.68 bits per heavy atom. The molecule has 1 fully saturated rings. The molecular weight excluding hydrogens is 274 g/mol. The number of hydrogen-bond acceptors (Lipinski definition) is 2. The second-order valence-electron chi connectivity index (χ2n) is 6.07. The average Bonchev–Trinajstić information content (AvgIpc) is 3.24. The lowest BCUT2D eigenvalue weighted by atomic mass is 9.78. The number of nitrogens with zero attached hydrogens (tertiary/aromatic N) is 2. The van der Waals surface area contributed by atoms with Gasteiger partial charge in [0.25, 0.3) is 0 Å². The molecule has 1 heterocycles. The molecule has 0 saturated heterocycles. The summed E-state index contributed by atoms with van der Waals surface area (Å²) >= 11 is 0. The van der Waals surface area contributed by atoms with Gasteiger partial charge >= 0.3 is 0 Å². The maximum Gasteiger partial charge on any atom is 0.230 e. The molecule has 4 nitrogen and oxygen atoms in total. The monoisotopic (exact) mass is 297 g/mol. The highest BCUT2D eigenvalue weighted by molar-refractivity contribution is 5.88. The number of aromatic nitrogens is 2. The van der Waals surface area contributed by atoms with Gasteiger partial charge < -0.3 is 9.88 Å². The first kappa shape index (κ1) is 14.8. The van der Waals surface area contributed by atoms with Crippen LogP contribution in [0.1, 0.15) is 37.7 Å². The summed E-state index contributed by atoms with van der Waals surface area (Å²) in [6.45, 7) is 1.60. The minimum absolute atomic E-state index is 0.196. The molecule has 0 spiro atoms. The molecule has 1 aromatic heterocycles. The van der Waals surface area contributed by atoms with Crippen LogP contribution in [-0.4, -0.2) is 22.0 Å². The maximum atomic E-state index is 12.8. The highest BCUT2D eigenvalue weighted by Gasteiger charge is 2.42. The normalized spacial score (nSPS) is 16.5. The second-order valence-corrected chi connectivity index (χ2v) is 6.07. The standard InChI is InChI=1S/C18H23N3O/c22-17(20-11-6-13-21-14-12-19-15-21)18(9-4-5-10-18)16-7-2-1-3-8-16/h1-3,7-8,12,14-15H,4-6,9-11,13H2,(H,20,22). The van der Waals surface area contributed by atoms with Crippen molar-refractivity contribution in [2.75, 3.05) is 6.54 Å². The summed E-state index contributed by atoms with van der Waals surface area (Å²) in [5, 5.41) is 3.15. The van der Waals surface area contributed by atoms with Crippen LogP contribution in [0.3, 0.4) is 0 Å². The molecule has 1 aliphatic carbocycles. The molecule has 1 saturated carbocycles. The molecule has 22 heavy (non-hydrogen) atoms. The maximum absolute atomic E-state index is 12.8. The zero-order chi connectivity index (χ0) is 15.3. The van der Waals surface area contributed by atoms with Crippen molar-refractivity contribution in [1.82, 2.24) is 14.9 Å². The van der Waals surface area contributed by atoms with Gasteiger partial charge in [-0.3, -0.25) is 4.79 Å². The predicted molar refractivity (Wildman–Crippen MR) is 86.4 cm³/mol. The van der Waals surface area contributed by atoms with Crippen LogP contribution < -0.4 is 5.32 Å². The number of carbonyl (C=O) groups excluding carboxylic acids is 1. The van der Waals surface area contributed by atoms with Crippen molar-refractivity contribution in [3.05, 3.63) is 54.6 Å². The van der Waals surface area contributed by atoms with Crippen LogP contribution in [0.25, 0.3) is 0 Å². The third-order valence-electron chi connectivity index (χ3n) is 4.66. The number of hydrogen-bond donors (Lipinski definition) is 1. The van der Waals surface area contributed by atoms with Crippen molar-refractivity contribution in [2.24, 2.45) is 0 Å². The minimum Gasteiger partial charge on any atom is -0.355 e. The fourth-order valence-corrected chi connectivity index (χ4v) is 3.43. The molecule has 0 unspecified atom stereocenters. The molecular formula is C18H23N3O. The first-order valence-electron chi connectivity index (χ1n) is 8.11. The van der Waals surface area contributed by atoms with Gasteiger partial charge in [0.1, 0.15) is 0 Å². The Morgan fingerprint density at radius 1 is 1.23 bits per heavy atom. The summed E-state index contributed by atoms with van der Waals surface area (Å²) in [5.74, 6) is 0.196. The molecule has 0 radical (unpaired) electrons. The van der Waals surface area contributed by atoms with Gasteiger partial charge in [-0.25, -0.2) is 4.98 Å². The van der Waals surface area contributed by atoms with Crippen LogP contribution in [0.5, 0.6) is 0 Å². The van der Waals surface area contributed by atoms with Crippen LogP contribution in [0.2, 0.25) is 0 Å². The van der Waals surface area contributed by atoms with Crippen molar-refractivity contribution >= 4 is 5.91 Å². The van der Waals surface area contributed by atoms with E-state index in [1.54, 1.807) is 6.20 Å². The third kappa shape index (κ3) is 3.06. The summed E-state index contributed by atoms with van der Waals surface area (Å²) in [5.41, 5.74) is 0.857. The van der Waals surface area contributed by atoms with E-state index in [1.807, 2.05) is 35.3 Å². The number of aryl methyl sites for hydroxylation is 1. The van der Waals surface area contributed by atoms with E-state index in [1.165, 1.54) is 5.56 Å². The quantitative estimate of drug-likeness (QED) is 0.833. The van der Waals surface area contributed by atoms with E-state index < -0.39 is 0 Å². The fourth-order valence-electron chi connectivity index (χ4n) is 3.43. The Morgan fingerprint density at radius 2 is 2.00 bits per heavy atom. The van der Waals surface area contributed by atoms with Crippen molar-refractivity contribution in [3.8, 4) is 0 Å². The van der Waals surface area contributed by atoms with Gasteiger partial charge in [0.2, 0.25) is 5.91 Å². The average molecular weight is 297 g/mol. The Hall–Kier alpha value is -2.10. The molecule has 2 aromatic rings. The van der Waals surface area contributed by atoms with Crippen LogP contribution in [0.4, 0.5) is 0 Å². The zero-order valence-electron chi connectivity index (χ0n) is 12.9. The van der Waals surface area contributed by atoms with Gasteiger partial charge in [-0.05, 0) is 24.8 Å². The van der Waals surface area contributed by atoms with Gasteiger partial charge in [-0.2, -0.15) is 0 Å². The smallest absolute Gasteiger partial charge is 0.230 e. The van der Waals surface area contributed by atoms with E-state index in [2.05, 4.69) is 22.4 Å². The largest absolute Gasteiger partial charge is 0.355 e. The number of benzene rings is 1. The highest BCUT2D eigenvalue weighted by atomic mass is 16.2. The van der Waals surface area contributed by atoms with E-state index in [0.29, 0.717) is 6.54 Å². The molecule has 0 atom stereocenters. The fraction of sp³-hybridized carbons (Fsp3) is 0.444. The number of amides is 1. The SMILES string of the molecule is O=C(NCCCn1ccnc1)C1(c2ccccc2)CCCC1. The van der Waals surface area contributed by atoms with Gasteiger partial charge in [-0.15, -0.1) is 0 Å². The molecule has 4 heteroatoms. The lowest BCUT2D eigenvalue weighted by Gasteiger charge is -2.28. The molecule has 1 amide bonds. The van der Waals surface area contributed by atoms with Crippen LogP contribution >= 0.6 is 0 Å². The first-order valence-corrected chi connectivity index (χ1v) is 8.11. The van der Waals surface area contributed by atoms with Gasteiger partial charge in [-0.1, -0.05) is 43.2 Å². The number of nitrogens with one attached hydrogen (secondary N) is 1. The zero-order valence-corrected chi connectivity index (χ0v) is 12.9. The second kappa shape index (κ2) is 6.77. The van der Waals surface area contributed by atoms with Crippen LogP contribution in [-0.2, 0) is 16.8 Å². The highest BCUT2D eigenvalue weighted by Crippen LogP contribution is 2.41. The number of rotatable bonds is 6. The predicted octanol–water partition coefficient (Wildman–Crippen LogP) is 2.90. The molecule has 1 aromatic carbocycles. The molecule has 3 rings (SSSR count). The topological polar surface area (TPSA) is 46.9 Å². The Labute approximate surface area is 131 Å². The Kier molecular flexibility index (Phi) is 4.56. The molecule has 1 aliphatic rings. The summed E-state index contributed by atoms with van der Waals surface area (Å²) < 4.78 is 2.04. The Balaban J connectivity index is 1.59. The van der Waals surface area contributed by atoms with E-state index >= 15 is 0 Å². The molecule has 116 valence electrons. The third-order valence-corrected chi connectivity index (χ3v) is 4.66. The lowest BCUT2D eigenvalue weighted by Crippen LogP contribution is -2.43. The van der Waals surface area contributed by atoms with Gasteiger partial charge in [0.15, 0.2) is 0 Å². The van der Waals surface area contributed by atoms with Crippen molar-refractivity contribution in [3.63, 3.8) is 0 Å². The van der Waals surface area contributed by atoms with E-state index in [-0.39, 0.29) is 11.3 Å². The summed E-state index contributed by atoms with van der Waals surface area (Å²) in [6, 6.07) is 10.3. The van der Waals surface area contributed by atoms with Gasteiger partial charge in [0, 0.05) is 25.5 Å². The summed E-state index contributed by atoms with van der Waals surface area (Å²) in [4.78, 5) is 16.8. The minimum atomic E-state index is -0.309. The van der Waals surface area contributed by atoms with Gasteiger partial charge in [0.05, 0.1) is 11.7 Å².